The molecular weight excluding hydrogens is 264 g/mol. The minimum atomic E-state index is -0.245. The quantitative estimate of drug-likeness (QED) is 0.906. The van der Waals surface area contributed by atoms with Gasteiger partial charge in [-0.25, -0.2) is 0 Å². The van der Waals surface area contributed by atoms with Gasteiger partial charge in [-0.2, -0.15) is 0 Å². The monoisotopic (exact) mass is 284 g/mol. The van der Waals surface area contributed by atoms with Crippen LogP contribution in [0.3, 0.4) is 0 Å². The predicted molar refractivity (Wildman–Crippen MR) is 80.5 cm³/mol. The van der Waals surface area contributed by atoms with Gasteiger partial charge >= 0.3 is 0 Å². The summed E-state index contributed by atoms with van der Waals surface area (Å²) in [7, 11) is 0. The molecule has 3 unspecified atom stereocenters. The number of amides is 1. The Labute approximate surface area is 124 Å². The lowest BCUT2D eigenvalue weighted by atomic mass is 10.0. The average Bonchev–Trinajstić information content (AvgIpc) is 3.17. The third kappa shape index (κ3) is 3.16. The van der Waals surface area contributed by atoms with Crippen LogP contribution >= 0.6 is 0 Å². The van der Waals surface area contributed by atoms with Crippen LogP contribution in [0.15, 0.2) is 53.1 Å². The molecule has 0 radical (unpaired) electrons. The molecule has 0 aliphatic heterocycles. The first-order valence-corrected chi connectivity index (χ1v) is 7.38. The number of nitrogens with two attached hydrogens (primary N) is 1. The van der Waals surface area contributed by atoms with Gasteiger partial charge in [-0.05, 0) is 37.0 Å². The average molecular weight is 284 g/mol. The normalized spacial score (nSPS) is 22.9. The molecule has 110 valence electrons. The van der Waals surface area contributed by atoms with Gasteiger partial charge in [-0.1, -0.05) is 30.3 Å². The highest BCUT2D eigenvalue weighted by atomic mass is 16.3. The first kappa shape index (κ1) is 13.9. The number of benzene rings is 1. The molecule has 3 N–H and O–H groups in total. The number of hydrogen-bond donors (Lipinski definition) is 2. The molecule has 1 aliphatic carbocycles. The molecule has 1 heterocycles. The van der Waals surface area contributed by atoms with E-state index in [2.05, 4.69) is 5.32 Å². The van der Waals surface area contributed by atoms with Crippen LogP contribution < -0.4 is 11.1 Å². The van der Waals surface area contributed by atoms with Crippen LogP contribution in [0.4, 0.5) is 0 Å². The van der Waals surface area contributed by atoms with E-state index in [1.165, 1.54) is 0 Å². The minimum Gasteiger partial charge on any atom is -0.467 e. The van der Waals surface area contributed by atoms with Crippen LogP contribution in [-0.4, -0.2) is 11.9 Å². The summed E-state index contributed by atoms with van der Waals surface area (Å²) in [5, 5.41) is 3.11. The fraction of sp³-hybridized carbons (Fsp3) is 0.353. The largest absolute Gasteiger partial charge is 0.467 e. The van der Waals surface area contributed by atoms with Gasteiger partial charge in [0.15, 0.2) is 0 Å². The molecule has 0 spiro atoms. The molecule has 1 aromatic carbocycles. The highest BCUT2D eigenvalue weighted by molar-refractivity contribution is 5.79. The van der Waals surface area contributed by atoms with Crippen LogP contribution in [0.1, 0.15) is 36.6 Å². The number of carbonyl (C=O) groups is 1. The van der Waals surface area contributed by atoms with Crippen LogP contribution in [0.2, 0.25) is 0 Å². The maximum atomic E-state index is 12.5. The second-order valence-electron chi connectivity index (χ2n) is 5.64. The predicted octanol–water partition coefficient (Wildman–Crippen LogP) is 2.61. The second kappa shape index (κ2) is 6.14. The van der Waals surface area contributed by atoms with E-state index in [0.29, 0.717) is 0 Å². The topological polar surface area (TPSA) is 68.3 Å². The van der Waals surface area contributed by atoms with E-state index in [1.54, 1.807) is 6.26 Å². The number of hydrogen-bond acceptors (Lipinski definition) is 3. The van der Waals surface area contributed by atoms with Gasteiger partial charge in [-0.3, -0.25) is 4.79 Å². The molecular formula is C17H20N2O2. The van der Waals surface area contributed by atoms with Crippen molar-refractivity contribution in [3.8, 4) is 0 Å². The van der Waals surface area contributed by atoms with E-state index < -0.39 is 0 Å². The summed E-state index contributed by atoms with van der Waals surface area (Å²) in [6.07, 6.45) is 4.19. The summed E-state index contributed by atoms with van der Waals surface area (Å²) in [5.74, 6) is 0.825. The standard InChI is InChI=1S/C17H20N2O2/c18-14-9-8-13(11-14)17(20)19-16(15-7-4-10-21-15)12-5-2-1-3-6-12/h1-7,10,13-14,16H,8-9,11,18H2,(H,19,20). The van der Waals surface area contributed by atoms with Crippen molar-refractivity contribution in [2.45, 2.75) is 31.3 Å². The number of carbonyl (C=O) groups excluding carboxylic acids is 1. The molecule has 1 amide bonds. The Morgan fingerprint density at radius 1 is 1.19 bits per heavy atom. The van der Waals surface area contributed by atoms with Gasteiger partial charge in [0.25, 0.3) is 0 Å². The summed E-state index contributed by atoms with van der Waals surface area (Å²) >= 11 is 0. The van der Waals surface area contributed by atoms with Gasteiger partial charge in [0.05, 0.1) is 6.26 Å². The lowest BCUT2D eigenvalue weighted by Gasteiger charge is -2.19. The lowest BCUT2D eigenvalue weighted by Crippen LogP contribution is -2.34. The molecule has 4 nitrogen and oxygen atoms in total. The highest BCUT2D eigenvalue weighted by Gasteiger charge is 2.30. The highest BCUT2D eigenvalue weighted by Crippen LogP contribution is 2.27. The Morgan fingerprint density at radius 2 is 2.00 bits per heavy atom. The minimum absolute atomic E-state index is 0.0150. The molecule has 1 saturated carbocycles. The van der Waals surface area contributed by atoms with Crippen molar-refractivity contribution in [3.63, 3.8) is 0 Å². The Bertz CT molecular complexity index is 580. The third-order valence-corrected chi connectivity index (χ3v) is 4.09. The Balaban J connectivity index is 1.79. The molecule has 0 saturated heterocycles. The van der Waals surface area contributed by atoms with E-state index in [9.17, 15) is 4.79 Å². The molecule has 3 atom stereocenters. The van der Waals surface area contributed by atoms with Crippen LogP contribution in [0.25, 0.3) is 0 Å². The third-order valence-electron chi connectivity index (χ3n) is 4.09. The van der Waals surface area contributed by atoms with Crippen molar-refractivity contribution in [2.24, 2.45) is 11.7 Å². The van der Waals surface area contributed by atoms with Crippen LogP contribution in [-0.2, 0) is 4.79 Å². The molecule has 1 fully saturated rings. The fourth-order valence-electron chi connectivity index (χ4n) is 2.93. The van der Waals surface area contributed by atoms with E-state index in [0.717, 1.165) is 30.6 Å². The van der Waals surface area contributed by atoms with Crippen molar-refractivity contribution in [3.05, 3.63) is 60.1 Å². The summed E-state index contributed by atoms with van der Waals surface area (Å²) in [4.78, 5) is 12.5. The van der Waals surface area contributed by atoms with Gasteiger partial charge in [0.2, 0.25) is 5.91 Å². The van der Waals surface area contributed by atoms with E-state index >= 15 is 0 Å². The van der Waals surface area contributed by atoms with Crippen molar-refractivity contribution in [1.82, 2.24) is 5.32 Å². The molecule has 4 heteroatoms. The fourth-order valence-corrected chi connectivity index (χ4v) is 2.93. The number of rotatable bonds is 4. The van der Waals surface area contributed by atoms with Gasteiger partial charge in [-0.15, -0.1) is 0 Å². The summed E-state index contributed by atoms with van der Waals surface area (Å²) in [6.45, 7) is 0. The number of nitrogens with one attached hydrogen (secondary N) is 1. The first-order valence-electron chi connectivity index (χ1n) is 7.38. The van der Waals surface area contributed by atoms with Crippen LogP contribution in [0.5, 0.6) is 0 Å². The Morgan fingerprint density at radius 3 is 2.62 bits per heavy atom. The van der Waals surface area contributed by atoms with Crippen molar-refractivity contribution in [1.29, 1.82) is 0 Å². The number of furan rings is 1. The molecule has 1 aromatic heterocycles. The van der Waals surface area contributed by atoms with E-state index in [-0.39, 0.29) is 23.9 Å². The maximum Gasteiger partial charge on any atom is 0.224 e. The smallest absolute Gasteiger partial charge is 0.224 e. The summed E-state index contributed by atoms with van der Waals surface area (Å²) in [5.41, 5.74) is 6.92. The zero-order valence-corrected chi connectivity index (χ0v) is 11.9. The maximum absolute atomic E-state index is 12.5. The Kier molecular flexibility index (Phi) is 4.06. The molecule has 1 aliphatic rings. The van der Waals surface area contributed by atoms with E-state index in [4.69, 9.17) is 10.2 Å². The SMILES string of the molecule is NC1CCC(C(=O)NC(c2ccccc2)c2ccco2)C1. The summed E-state index contributed by atoms with van der Waals surface area (Å²) < 4.78 is 5.50. The molecule has 21 heavy (non-hydrogen) atoms. The van der Waals surface area contributed by atoms with Gasteiger partial charge in [0.1, 0.15) is 11.8 Å². The van der Waals surface area contributed by atoms with Crippen molar-refractivity contribution < 1.29 is 9.21 Å². The van der Waals surface area contributed by atoms with Crippen molar-refractivity contribution in [2.75, 3.05) is 0 Å². The zero-order valence-electron chi connectivity index (χ0n) is 11.9. The lowest BCUT2D eigenvalue weighted by molar-refractivity contribution is -0.125. The van der Waals surface area contributed by atoms with Gasteiger partial charge < -0.3 is 15.5 Å². The van der Waals surface area contributed by atoms with Crippen LogP contribution in [0, 0.1) is 5.92 Å². The molecule has 2 aromatic rings. The first-order chi connectivity index (χ1) is 10.2. The van der Waals surface area contributed by atoms with E-state index in [1.807, 2.05) is 42.5 Å². The Hall–Kier alpha value is -2.07. The molecule has 3 rings (SSSR count). The molecule has 0 bridgehead atoms. The van der Waals surface area contributed by atoms with Crippen molar-refractivity contribution >= 4 is 5.91 Å². The summed E-state index contributed by atoms with van der Waals surface area (Å²) in [6, 6.07) is 13.5. The van der Waals surface area contributed by atoms with Gasteiger partial charge in [0, 0.05) is 12.0 Å². The second-order valence-corrected chi connectivity index (χ2v) is 5.64. The zero-order chi connectivity index (χ0) is 14.7.